The first-order chi connectivity index (χ1) is 12.5. The number of nitrogens with one attached hydrogen (secondary N) is 2. The standard InChI is InChI=1S/C15H28F3N5O3S.HI/c1-4-19-14(20-8-5-13(24)22(2)3)21-11-12-6-9-23(10-7-12)27(25,26)15(16,17)18;/h12H,4-11H2,1-3H3,(H2,19,20,21);1H. The Morgan fingerprint density at radius 3 is 2.25 bits per heavy atom. The third-order valence-electron chi connectivity index (χ3n) is 4.19. The maximum atomic E-state index is 12.6. The third-order valence-corrected chi connectivity index (χ3v) is 5.82. The number of hydrogen-bond donors (Lipinski definition) is 2. The maximum absolute atomic E-state index is 12.6. The van der Waals surface area contributed by atoms with E-state index in [1.54, 1.807) is 14.1 Å². The van der Waals surface area contributed by atoms with Gasteiger partial charge in [0, 0.05) is 53.2 Å². The number of hydrogen-bond acceptors (Lipinski definition) is 4. The summed E-state index contributed by atoms with van der Waals surface area (Å²) in [5.41, 5.74) is -5.26. The van der Waals surface area contributed by atoms with Gasteiger partial charge in [-0.25, -0.2) is 8.42 Å². The van der Waals surface area contributed by atoms with Gasteiger partial charge >= 0.3 is 15.5 Å². The minimum Gasteiger partial charge on any atom is -0.357 e. The van der Waals surface area contributed by atoms with Crippen LogP contribution >= 0.6 is 24.0 Å². The van der Waals surface area contributed by atoms with Gasteiger partial charge in [0.05, 0.1) is 0 Å². The molecule has 8 nitrogen and oxygen atoms in total. The molecule has 1 rings (SSSR count). The number of guanidine groups is 1. The lowest BCUT2D eigenvalue weighted by atomic mass is 9.98. The van der Waals surface area contributed by atoms with E-state index in [1.165, 1.54) is 4.90 Å². The Bertz CT molecular complexity index is 621. The predicted octanol–water partition coefficient (Wildman–Crippen LogP) is 1.20. The Kier molecular flexibility index (Phi) is 11.6. The van der Waals surface area contributed by atoms with Crippen molar-refractivity contribution in [1.82, 2.24) is 19.8 Å². The van der Waals surface area contributed by atoms with Gasteiger partial charge in [-0.3, -0.25) is 9.79 Å². The summed E-state index contributed by atoms with van der Waals surface area (Å²) in [4.78, 5) is 17.5. The molecule has 0 unspecified atom stereocenters. The van der Waals surface area contributed by atoms with Gasteiger partial charge in [-0.1, -0.05) is 0 Å². The summed E-state index contributed by atoms with van der Waals surface area (Å²) in [6, 6.07) is 0. The minimum atomic E-state index is -5.26. The van der Waals surface area contributed by atoms with Gasteiger partial charge in [0.25, 0.3) is 0 Å². The number of aliphatic imine (C=N–C) groups is 1. The molecule has 0 aromatic rings. The van der Waals surface area contributed by atoms with Crippen LogP contribution in [-0.2, 0) is 14.8 Å². The van der Waals surface area contributed by atoms with E-state index in [-0.39, 0.29) is 48.9 Å². The smallest absolute Gasteiger partial charge is 0.357 e. The molecule has 0 bridgehead atoms. The largest absolute Gasteiger partial charge is 0.511 e. The predicted molar refractivity (Wildman–Crippen MR) is 112 cm³/mol. The SMILES string of the molecule is CCNC(=NCC1CCN(S(=O)(=O)C(F)(F)F)CC1)NCCC(=O)N(C)C.I. The first-order valence-electron chi connectivity index (χ1n) is 8.77. The highest BCUT2D eigenvalue weighted by Gasteiger charge is 2.50. The van der Waals surface area contributed by atoms with Gasteiger partial charge in [0.15, 0.2) is 5.96 Å². The third kappa shape index (κ3) is 8.27. The Balaban J connectivity index is 0.00000729. The van der Waals surface area contributed by atoms with Crippen molar-refractivity contribution in [2.24, 2.45) is 10.9 Å². The number of carbonyl (C=O) groups is 1. The number of piperidine rings is 1. The molecule has 28 heavy (non-hydrogen) atoms. The fourth-order valence-corrected chi connectivity index (χ4v) is 3.54. The number of nitrogens with zero attached hydrogens (tertiary/aromatic N) is 3. The molecule has 13 heteroatoms. The van der Waals surface area contributed by atoms with Crippen LogP contribution in [0.5, 0.6) is 0 Å². The van der Waals surface area contributed by atoms with Crippen LogP contribution in [0.25, 0.3) is 0 Å². The van der Waals surface area contributed by atoms with Crippen molar-refractivity contribution in [2.45, 2.75) is 31.7 Å². The highest BCUT2D eigenvalue weighted by Crippen LogP contribution is 2.30. The molecular formula is C15H29F3IN5O3S. The van der Waals surface area contributed by atoms with E-state index in [0.29, 0.717) is 49.2 Å². The Morgan fingerprint density at radius 2 is 1.79 bits per heavy atom. The van der Waals surface area contributed by atoms with Crippen molar-refractivity contribution in [2.75, 3.05) is 46.8 Å². The van der Waals surface area contributed by atoms with Crippen LogP contribution < -0.4 is 10.6 Å². The molecule has 0 saturated carbocycles. The van der Waals surface area contributed by atoms with Gasteiger partial charge in [-0.2, -0.15) is 17.5 Å². The van der Waals surface area contributed by atoms with Gasteiger partial charge < -0.3 is 15.5 Å². The van der Waals surface area contributed by atoms with Crippen LogP contribution in [0.3, 0.4) is 0 Å². The zero-order valence-electron chi connectivity index (χ0n) is 16.3. The summed E-state index contributed by atoms with van der Waals surface area (Å²) in [5, 5.41) is 6.07. The Labute approximate surface area is 181 Å². The Hall–Kier alpha value is -0.830. The molecular weight excluding hydrogens is 514 g/mol. The lowest BCUT2D eigenvalue weighted by Crippen LogP contribution is -2.45. The topological polar surface area (TPSA) is 94.1 Å². The van der Waals surface area contributed by atoms with Crippen molar-refractivity contribution in [3.8, 4) is 0 Å². The van der Waals surface area contributed by atoms with Gasteiger partial charge in [-0.05, 0) is 25.7 Å². The van der Waals surface area contributed by atoms with Crippen LogP contribution in [0.2, 0.25) is 0 Å². The average Bonchev–Trinajstić information content (AvgIpc) is 2.58. The molecule has 0 atom stereocenters. The number of sulfonamides is 1. The minimum absolute atomic E-state index is 0. The van der Waals surface area contributed by atoms with Crippen LogP contribution in [0.1, 0.15) is 26.2 Å². The lowest BCUT2D eigenvalue weighted by Gasteiger charge is -2.30. The second kappa shape index (κ2) is 12.0. The summed E-state index contributed by atoms with van der Waals surface area (Å²) >= 11 is 0. The fourth-order valence-electron chi connectivity index (χ4n) is 2.55. The molecule has 1 amide bonds. The molecule has 0 spiro atoms. The highest BCUT2D eigenvalue weighted by molar-refractivity contribution is 14.0. The number of carbonyl (C=O) groups excluding carboxylic acids is 1. The second-order valence-electron chi connectivity index (χ2n) is 6.48. The molecule has 2 N–H and O–H groups in total. The number of rotatable bonds is 7. The number of halogens is 4. The normalized spacial score (nSPS) is 17.0. The fraction of sp³-hybridized carbons (Fsp3) is 0.867. The van der Waals surface area contributed by atoms with Crippen LogP contribution in [0, 0.1) is 5.92 Å². The molecule has 1 aliphatic rings. The summed E-state index contributed by atoms with van der Waals surface area (Å²) in [5.74, 6) is 0.509. The zero-order chi connectivity index (χ0) is 20.7. The van der Waals surface area contributed by atoms with E-state index in [2.05, 4.69) is 15.6 Å². The van der Waals surface area contributed by atoms with Crippen molar-refractivity contribution in [3.63, 3.8) is 0 Å². The first kappa shape index (κ1) is 27.2. The van der Waals surface area contributed by atoms with E-state index < -0.39 is 15.5 Å². The molecule has 0 radical (unpaired) electrons. The van der Waals surface area contributed by atoms with Crippen LogP contribution in [-0.4, -0.2) is 81.8 Å². The monoisotopic (exact) mass is 543 g/mol. The second-order valence-corrected chi connectivity index (χ2v) is 8.41. The quantitative estimate of drug-likeness (QED) is 0.286. The molecule has 1 fully saturated rings. The van der Waals surface area contributed by atoms with E-state index >= 15 is 0 Å². The van der Waals surface area contributed by atoms with E-state index in [9.17, 15) is 26.4 Å². The van der Waals surface area contributed by atoms with Crippen molar-refractivity contribution in [1.29, 1.82) is 0 Å². The van der Waals surface area contributed by atoms with Crippen LogP contribution in [0.15, 0.2) is 4.99 Å². The number of alkyl halides is 3. The van der Waals surface area contributed by atoms with Crippen LogP contribution in [0.4, 0.5) is 13.2 Å². The van der Waals surface area contributed by atoms with Gasteiger partial charge in [0.1, 0.15) is 0 Å². The van der Waals surface area contributed by atoms with Crippen molar-refractivity contribution < 1.29 is 26.4 Å². The van der Waals surface area contributed by atoms with E-state index in [1.807, 2.05) is 6.92 Å². The molecule has 0 aromatic heterocycles. The van der Waals surface area contributed by atoms with Crippen molar-refractivity contribution in [3.05, 3.63) is 0 Å². The zero-order valence-corrected chi connectivity index (χ0v) is 19.4. The van der Waals surface area contributed by atoms with E-state index in [4.69, 9.17) is 0 Å². The summed E-state index contributed by atoms with van der Waals surface area (Å²) < 4.78 is 61.1. The summed E-state index contributed by atoms with van der Waals surface area (Å²) in [7, 11) is -1.91. The van der Waals surface area contributed by atoms with Crippen molar-refractivity contribution >= 4 is 45.9 Å². The first-order valence-corrected chi connectivity index (χ1v) is 10.2. The van der Waals surface area contributed by atoms with Gasteiger partial charge in [-0.15, -0.1) is 24.0 Å². The Morgan fingerprint density at radius 1 is 1.21 bits per heavy atom. The molecule has 0 aliphatic carbocycles. The number of amides is 1. The maximum Gasteiger partial charge on any atom is 0.511 e. The lowest BCUT2D eigenvalue weighted by molar-refractivity contribution is -0.128. The van der Waals surface area contributed by atoms with Gasteiger partial charge in [0.2, 0.25) is 5.91 Å². The highest BCUT2D eigenvalue weighted by atomic mass is 127. The molecule has 1 saturated heterocycles. The molecule has 0 aromatic carbocycles. The molecule has 166 valence electrons. The summed E-state index contributed by atoms with van der Waals surface area (Å²) in [6.45, 7) is 2.97. The molecule has 1 aliphatic heterocycles. The summed E-state index contributed by atoms with van der Waals surface area (Å²) in [6.07, 6.45) is 0.944. The average molecular weight is 543 g/mol. The molecule has 1 heterocycles. The van der Waals surface area contributed by atoms with E-state index in [0.717, 1.165) is 0 Å².